The van der Waals surface area contributed by atoms with Gasteiger partial charge in [0.1, 0.15) is 0 Å². The van der Waals surface area contributed by atoms with Gasteiger partial charge in [0.2, 0.25) is 0 Å². The molecule has 0 N–H and O–H groups in total. The first-order valence-corrected chi connectivity index (χ1v) is 25.9. The van der Waals surface area contributed by atoms with Gasteiger partial charge in [-0.05, 0) is 128 Å². The number of hydrogen-bond acceptors (Lipinski definition) is 4. The van der Waals surface area contributed by atoms with Crippen molar-refractivity contribution in [2.24, 2.45) is 0 Å². The third-order valence-corrected chi connectivity index (χ3v) is 16.6. The van der Waals surface area contributed by atoms with E-state index in [9.17, 15) is 0 Å². The van der Waals surface area contributed by atoms with E-state index in [4.69, 9.17) is 0 Å². The van der Waals surface area contributed by atoms with Gasteiger partial charge in [0, 0.05) is 44.6 Å². The Hall–Kier alpha value is -9.22. The fourth-order valence-electron chi connectivity index (χ4n) is 12.4. The van der Waals surface area contributed by atoms with Gasteiger partial charge in [0.25, 0.3) is 0 Å². The molecule has 0 unspecified atom stereocenters. The minimum atomic E-state index is -0.552. The summed E-state index contributed by atoms with van der Waals surface area (Å²) in [6.07, 6.45) is 0. The van der Waals surface area contributed by atoms with Crippen molar-refractivity contribution in [3.63, 3.8) is 0 Å². The van der Waals surface area contributed by atoms with Crippen molar-refractivity contribution in [2.45, 2.75) is 5.41 Å². The van der Waals surface area contributed by atoms with Gasteiger partial charge in [-0.2, -0.15) is 0 Å². The normalized spacial score (nSPS) is 13.0. The van der Waals surface area contributed by atoms with Gasteiger partial charge in [-0.25, -0.2) is 0 Å². The number of para-hydroxylation sites is 5. The summed E-state index contributed by atoms with van der Waals surface area (Å²) in [4.78, 5) is 7.48. The van der Waals surface area contributed by atoms with E-state index in [1.54, 1.807) is 0 Å². The second-order valence-corrected chi connectivity index (χ2v) is 20.2. The van der Waals surface area contributed by atoms with Gasteiger partial charge in [0.05, 0.1) is 37.6 Å². The van der Waals surface area contributed by atoms with Crippen LogP contribution in [0.1, 0.15) is 22.3 Å². The van der Waals surface area contributed by atoms with Gasteiger partial charge in [-0.3, -0.25) is 0 Å². The molecule has 0 bridgehead atoms. The molecule has 1 aliphatic carbocycles. The molecule has 0 saturated carbocycles. The zero-order valence-corrected chi connectivity index (χ0v) is 40.5. The molecule has 1 aliphatic heterocycles. The smallest absolute Gasteiger partial charge is 0.0754 e. The van der Waals surface area contributed by atoms with Crippen molar-refractivity contribution in [3.05, 3.63) is 295 Å². The molecule has 73 heavy (non-hydrogen) atoms. The number of hydrogen-bond donors (Lipinski definition) is 0. The van der Waals surface area contributed by atoms with E-state index >= 15 is 0 Å². The number of benzene rings is 12. The number of fused-ring (bicyclic) bond motifs is 15. The molecule has 12 aromatic carbocycles. The van der Waals surface area contributed by atoms with Crippen molar-refractivity contribution < 1.29 is 0 Å². The molecule has 2 heterocycles. The number of thiophene rings is 1. The highest BCUT2D eigenvalue weighted by Gasteiger charge is 2.51. The molecule has 13 aromatic rings. The van der Waals surface area contributed by atoms with E-state index in [0.717, 1.165) is 39.8 Å². The van der Waals surface area contributed by atoms with Crippen molar-refractivity contribution in [1.82, 2.24) is 0 Å². The van der Waals surface area contributed by atoms with Crippen LogP contribution in [0, 0.1) is 0 Å². The summed E-state index contributed by atoms with van der Waals surface area (Å²) < 4.78 is 2.47. The van der Waals surface area contributed by atoms with Gasteiger partial charge < -0.3 is 14.7 Å². The number of nitrogens with zero attached hydrogens (tertiary/aromatic N) is 3. The van der Waals surface area contributed by atoms with Crippen LogP contribution in [-0.4, -0.2) is 0 Å². The molecule has 0 amide bonds. The minimum absolute atomic E-state index is 0.552. The summed E-state index contributed by atoms with van der Waals surface area (Å²) in [6.45, 7) is 0. The lowest BCUT2D eigenvalue weighted by molar-refractivity contribution is 0.752. The Balaban J connectivity index is 1.05. The molecular weight excluding hydrogens is 903 g/mol. The SMILES string of the molecule is c1ccc(N2c3ccccc3C3(c4ccccc4-c4ccccc43)c3ccc(N(c4ccccc4)c4cc5ccccc5c5c4sc4c(N(c6ccccc6)c6ccccc6)c6ccccc6cc45)cc32)cc1. The molecule has 1 aromatic heterocycles. The summed E-state index contributed by atoms with van der Waals surface area (Å²) in [5.74, 6) is 0. The highest BCUT2D eigenvalue weighted by molar-refractivity contribution is 7.27. The molecule has 4 heteroatoms. The molecule has 2 aliphatic rings. The zero-order valence-electron chi connectivity index (χ0n) is 39.7. The fraction of sp³-hybridized carbons (Fsp3) is 0.0145. The Morgan fingerprint density at radius 2 is 0.822 bits per heavy atom. The predicted octanol–water partition coefficient (Wildman–Crippen LogP) is 19.4. The lowest BCUT2D eigenvalue weighted by Crippen LogP contribution is -2.36. The quantitative estimate of drug-likeness (QED) is 0.158. The van der Waals surface area contributed by atoms with E-state index in [0.29, 0.717) is 0 Å². The Bertz CT molecular complexity index is 4200. The Morgan fingerprint density at radius 1 is 0.329 bits per heavy atom. The lowest BCUT2D eigenvalue weighted by Gasteiger charge is -2.45. The maximum absolute atomic E-state index is 2.52. The summed E-state index contributed by atoms with van der Waals surface area (Å²) in [5.41, 5.74) is 17.3. The third-order valence-electron chi connectivity index (χ3n) is 15.3. The van der Waals surface area contributed by atoms with E-state index in [1.807, 2.05) is 11.3 Å². The molecule has 15 rings (SSSR count). The summed E-state index contributed by atoms with van der Waals surface area (Å²) in [7, 11) is 0. The maximum atomic E-state index is 2.52. The largest absolute Gasteiger partial charge is 0.310 e. The molecule has 0 saturated heterocycles. The monoisotopic (exact) mass is 947 g/mol. The molecule has 1 spiro atoms. The van der Waals surface area contributed by atoms with Crippen LogP contribution in [0.25, 0.3) is 52.8 Å². The van der Waals surface area contributed by atoms with Crippen molar-refractivity contribution in [1.29, 1.82) is 0 Å². The fourth-order valence-corrected chi connectivity index (χ4v) is 13.8. The first kappa shape index (κ1) is 41.6. The van der Waals surface area contributed by atoms with Crippen LogP contribution < -0.4 is 14.7 Å². The van der Waals surface area contributed by atoms with Gasteiger partial charge >= 0.3 is 0 Å². The Kier molecular flexibility index (Phi) is 9.35. The van der Waals surface area contributed by atoms with E-state index in [1.165, 1.54) is 86.5 Å². The molecule has 342 valence electrons. The molecule has 0 radical (unpaired) electrons. The average Bonchev–Trinajstić information content (AvgIpc) is 4.00. The predicted molar refractivity (Wildman–Crippen MR) is 309 cm³/mol. The van der Waals surface area contributed by atoms with E-state index in [2.05, 4.69) is 288 Å². The second kappa shape index (κ2) is 16.4. The Labute approximate surface area is 428 Å². The van der Waals surface area contributed by atoms with Crippen LogP contribution >= 0.6 is 11.3 Å². The second-order valence-electron chi connectivity index (χ2n) is 19.2. The van der Waals surface area contributed by atoms with Crippen LogP contribution in [0.2, 0.25) is 0 Å². The zero-order chi connectivity index (χ0) is 48.0. The molecule has 0 atom stereocenters. The van der Waals surface area contributed by atoms with E-state index < -0.39 is 5.41 Å². The lowest BCUT2D eigenvalue weighted by atomic mass is 9.64. The van der Waals surface area contributed by atoms with Gasteiger partial charge in [-0.1, -0.05) is 194 Å². The van der Waals surface area contributed by atoms with Crippen LogP contribution in [0.3, 0.4) is 0 Å². The van der Waals surface area contributed by atoms with Crippen molar-refractivity contribution in [2.75, 3.05) is 14.7 Å². The summed E-state index contributed by atoms with van der Waals surface area (Å²) in [6, 6.07) is 101. The maximum Gasteiger partial charge on any atom is 0.0754 e. The molecule has 3 nitrogen and oxygen atoms in total. The molecule has 0 fully saturated rings. The van der Waals surface area contributed by atoms with Crippen LogP contribution in [0.4, 0.5) is 51.2 Å². The number of rotatable bonds is 7. The van der Waals surface area contributed by atoms with Crippen LogP contribution in [-0.2, 0) is 5.41 Å². The van der Waals surface area contributed by atoms with Gasteiger partial charge in [-0.15, -0.1) is 11.3 Å². The summed E-state index contributed by atoms with van der Waals surface area (Å²) in [5, 5.41) is 7.35. The van der Waals surface area contributed by atoms with Crippen LogP contribution in [0.5, 0.6) is 0 Å². The highest BCUT2D eigenvalue weighted by Crippen LogP contribution is 2.64. The van der Waals surface area contributed by atoms with Gasteiger partial charge in [0.15, 0.2) is 0 Å². The van der Waals surface area contributed by atoms with E-state index in [-0.39, 0.29) is 0 Å². The highest BCUT2D eigenvalue weighted by atomic mass is 32.1. The van der Waals surface area contributed by atoms with Crippen molar-refractivity contribution >= 4 is 104 Å². The third kappa shape index (κ3) is 6.11. The first-order chi connectivity index (χ1) is 36.3. The topological polar surface area (TPSA) is 9.72 Å². The number of anilines is 9. The van der Waals surface area contributed by atoms with Crippen LogP contribution in [0.15, 0.2) is 273 Å². The first-order valence-electron chi connectivity index (χ1n) is 25.1. The summed E-state index contributed by atoms with van der Waals surface area (Å²) >= 11 is 1.90. The minimum Gasteiger partial charge on any atom is -0.310 e. The van der Waals surface area contributed by atoms with Crippen molar-refractivity contribution in [3.8, 4) is 11.1 Å². The average molecular weight is 948 g/mol. The molecular formula is C69H45N3S. The Morgan fingerprint density at radius 3 is 1.47 bits per heavy atom. The standard InChI is InChI=1S/C69H45N3S/c1-5-25-48(26-6-1)70(52-41-42-61-63(45-52)72(51-31-11-4-12-32-51)62-40-22-21-39-60(62)69(61)58-37-19-17-35-55(58)56-36-18-20-38-59(56)69)64-44-47-24-13-15-33-53(47)65-57-43-46-23-14-16-34-54(46)66(67(57)73-68(64)65)71(49-27-7-2-8-28-49)50-29-9-3-10-30-50/h1-45H.